The van der Waals surface area contributed by atoms with Crippen molar-refractivity contribution < 1.29 is 9.90 Å². The smallest absolute Gasteiger partial charge is 0.266 e. The maximum atomic E-state index is 11.3. The van der Waals surface area contributed by atoms with Crippen molar-refractivity contribution in [1.82, 2.24) is 11.1 Å². The van der Waals surface area contributed by atoms with Gasteiger partial charge in [0.2, 0.25) is 0 Å². The van der Waals surface area contributed by atoms with Crippen LogP contribution in [0, 0.1) is 22.7 Å². The predicted molar refractivity (Wildman–Crippen MR) is 56.2 cm³/mol. The largest absolute Gasteiger partial charge is 0.543 e. The van der Waals surface area contributed by atoms with Gasteiger partial charge in [-0.1, -0.05) is 6.92 Å². The molecule has 0 bridgehead atoms. The number of carboxylic acid groups (broad SMARTS) is 1. The van der Waals surface area contributed by atoms with E-state index in [0.29, 0.717) is 0 Å². The second-order valence-corrected chi connectivity index (χ2v) is 2.92. The van der Waals surface area contributed by atoms with Crippen LogP contribution in [0.4, 0.5) is 0 Å². The van der Waals surface area contributed by atoms with Gasteiger partial charge in [-0.15, -0.1) is 0 Å². The summed E-state index contributed by atoms with van der Waals surface area (Å²) in [5, 5.41) is 28.2. The van der Waals surface area contributed by atoms with Crippen molar-refractivity contribution in [2.24, 2.45) is 0 Å². The number of hydrogen-bond acceptors (Lipinski definition) is 5. The molecular weight excluding hydrogens is 224 g/mol. The monoisotopic (exact) mass is 234 g/mol. The highest BCUT2D eigenvalue weighted by Gasteiger charge is 2.16. The lowest BCUT2D eigenvalue weighted by Crippen LogP contribution is -2.29. The molecule has 0 aromatic carbocycles. The third-order valence-corrected chi connectivity index (χ3v) is 2.10. The van der Waals surface area contributed by atoms with E-state index in [4.69, 9.17) is 10.5 Å². The predicted octanol–water partition coefficient (Wildman–Crippen LogP) is -0.580. The fraction of sp³-hybridized carbons (Fsp3) is 0.200. The highest BCUT2D eigenvalue weighted by molar-refractivity contribution is 5.87. The van der Waals surface area contributed by atoms with Gasteiger partial charge in [0.05, 0.1) is 17.2 Å². The van der Waals surface area contributed by atoms with Gasteiger partial charge in [-0.2, -0.15) is 10.5 Å². The first-order valence-electron chi connectivity index (χ1n) is 4.37. The molecule has 7 heteroatoms. The number of H-pyrrole nitrogens is 1. The van der Waals surface area contributed by atoms with Crippen LogP contribution in [0.25, 0.3) is 0 Å². The number of aromatic nitrogens is 1. The highest BCUT2D eigenvalue weighted by Crippen LogP contribution is 2.13. The summed E-state index contributed by atoms with van der Waals surface area (Å²) in [7, 11) is 0. The summed E-state index contributed by atoms with van der Waals surface area (Å²) in [4.78, 5) is 24.0. The molecule has 0 aliphatic carbocycles. The second-order valence-electron chi connectivity index (χ2n) is 2.92. The minimum absolute atomic E-state index is 0. The number of aromatic amines is 1. The number of hydrogen-bond donors (Lipinski definition) is 2. The molecule has 0 saturated heterocycles. The number of quaternary nitrogens is 1. The van der Waals surface area contributed by atoms with E-state index in [9.17, 15) is 14.7 Å². The van der Waals surface area contributed by atoms with Crippen LogP contribution < -0.4 is 16.8 Å². The molecule has 0 amide bonds. The van der Waals surface area contributed by atoms with E-state index in [0.717, 1.165) is 0 Å². The third kappa shape index (κ3) is 2.30. The minimum atomic E-state index is -1.65. The van der Waals surface area contributed by atoms with E-state index >= 15 is 0 Å². The van der Waals surface area contributed by atoms with Gasteiger partial charge < -0.3 is 21.0 Å². The van der Waals surface area contributed by atoms with Crippen molar-refractivity contribution in [3.63, 3.8) is 0 Å². The third-order valence-electron chi connectivity index (χ3n) is 2.10. The standard InChI is InChI=1S/C10H7N3O3.H3N/c1-2-5-6(3-11)8(10(15)16)13-9(14)7(5)4-12;/h2H2,1H3,(H,13,14)(H,15,16);1H3. The molecule has 0 aliphatic rings. The van der Waals surface area contributed by atoms with Crippen LogP contribution in [0.2, 0.25) is 0 Å². The number of nitrogens with one attached hydrogen (secondary N) is 1. The van der Waals surface area contributed by atoms with E-state index in [1.807, 2.05) is 4.98 Å². The lowest BCUT2D eigenvalue weighted by molar-refractivity contribution is -0.255. The fourth-order valence-electron chi connectivity index (χ4n) is 1.40. The second kappa shape index (κ2) is 5.45. The van der Waals surface area contributed by atoms with Gasteiger partial charge in [-0.3, -0.25) is 4.79 Å². The SMILES string of the molecule is CCc1c(C#N)c(C(=O)[O-])[nH]c(=O)c1C#N.[NH4+]. The highest BCUT2D eigenvalue weighted by atomic mass is 16.4. The number of rotatable bonds is 2. The average Bonchev–Trinajstić information content (AvgIpc) is 2.27. The molecule has 0 saturated carbocycles. The zero-order valence-corrected chi connectivity index (χ0v) is 9.33. The quantitative estimate of drug-likeness (QED) is 0.699. The molecule has 88 valence electrons. The van der Waals surface area contributed by atoms with Crippen LogP contribution in [0.15, 0.2) is 4.79 Å². The molecule has 17 heavy (non-hydrogen) atoms. The molecule has 7 nitrogen and oxygen atoms in total. The first-order chi connectivity index (χ1) is 7.56. The normalized spacial score (nSPS) is 8.65. The van der Waals surface area contributed by atoms with Crippen molar-refractivity contribution in [3.8, 4) is 12.1 Å². The molecule has 0 atom stereocenters. The fourth-order valence-corrected chi connectivity index (χ4v) is 1.40. The Morgan fingerprint density at radius 2 is 1.88 bits per heavy atom. The molecule has 0 unspecified atom stereocenters. The number of nitrogens with zero attached hydrogens (tertiary/aromatic N) is 2. The Bertz CT molecular complexity index is 589. The average molecular weight is 234 g/mol. The maximum Gasteiger partial charge on any atom is 0.266 e. The molecular formula is C10H10N4O3. The Kier molecular flexibility index (Phi) is 4.60. The van der Waals surface area contributed by atoms with Crippen LogP contribution in [-0.2, 0) is 6.42 Å². The van der Waals surface area contributed by atoms with Gasteiger partial charge >= 0.3 is 0 Å². The number of carbonyl (C=O) groups is 1. The van der Waals surface area contributed by atoms with E-state index in [1.54, 1.807) is 19.1 Å². The molecule has 1 heterocycles. The first kappa shape index (κ1) is 14.4. The Hall–Kier alpha value is -2.64. The summed E-state index contributed by atoms with van der Waals surface area (Å²) in [5.74, 6) is -1.65. The molecule has 1 aromatic rings. The van der Waals surface area contributed by atoms with Crippen molar-refractivity contribution in [1.29, 1.82) is 10.5 Å². The molecule has 0 spiro atoms. The number of carboxylic acids is 1. The summed E-state index contributed by atoms with van der Waals surface area (Å²) >= 11 is 0. The van der Waals surface area contributed by atoms with E-state index in [-0.39, 0.29) is 29.3 Å². The number of nitriles is 2. The van der Waals surface area contributed by atoms with Crippen molar-refractivity contribution in [3.05, 3.63) is 32.7 Å². The summed E-state index contributed by atoms with van der Waals surface area (Å²) in [6.45, 7) is 1.62. The maximum absolute atomic E-state index is 11.3. The van der Waals surface area contributed by atoms with Crippen LogP contribution >= 0.6 is 0 Å². The molecule has 5 N–H and O–H groups in total. The van der Waals surface area contributed by atoms with E-state index < -0.39 is 17.2 Å². The molecule has 0 fully saturated rings. The Morgan fingerprint density at radius 3 is 2.24 bits per heavy atom. The Morgan fingerprint density at radius 1 is 1.35 bits per heavy atom. The summed E-state index contributed by atoms with van der Waals surface area (Å²) in [6, 6.07) is 3.30. The lowest BCUT2D eigenvalue weighted by atomic mass is 10.00. The van der Waals surface area contributed by atoms with Crippen LogP contribution in [0.1, 0.15) is 34.1 Å². The van der Waals surface area contributed by atoms with Gasteiger partial charge in [-0.05, 0) is 12.0 Å². The van der Waals surface area contributed by atoms with Crippen LogP contribution in [-0.4, -0.2) is 11.0 Å². The summed E-state index contributed by atoms with van der Waals surface area (Å²) in [6.07, 6.45) is 0.218. The minimum Gasteiger partial charge on any atom is -0.543 e. The van der Waals surface area contributed by atoms with Gasteiger partial charge in [-0.25, -0.2) is 0 Å². The van der Waals surface area contributed by atoms with Gasteiger partial charge in [0.25, 0.3) is 5.56 Å². The van der Waals surface area contributed by atoms with Gasteiger partial charge in [0.1, 0.15) is 17.7 Å². The number of pyridine rings is 1. The molecule has 0 aliphatic heterocycles. The lowest BCUT2D eigenvalue weighted by Gasteiger charge is -2.09. The van der Waals surface area contributed by atoms with Gasteiger partial charge in [0, 0.05) is 0 Å². The van der Waals surface area contributed by atoms with E-state index in [2.05, 4.69) is 0 Å². The number of carbonyl (C=O) groups excluding carboxylic acids is 1. The van der Waals surface area contributed by atoms with Crippen molar-refractivity contribution >= 4 is 5.97 Å². The summed E-state index contributed by atoms with van der Waals surface area (Å²) < 4.78 is 0. The molecule has 1 rings (SSSR count). The Balaban J connectivity index is 0.00000256. The van der Waals surface area contributed by atoms with Crippen molar-refractivity contribution in [2.45, 2.75) is 13.3 Å². The van der Waals surface area contributed by atoms with Crippen LogP contribution in [0.3, 0.4) is 0 Å². The zero-order valence-electron chi connectivity index (χ0n) is 9.33. The molecule has 0 radical (unpaired) electrons. The Labute approximate surface area is 96.5 Å². The topological polar surface area (TPSA) is 157 Å². The first-order valence-corrected chi connectivity index (χ1v) is 4.37. The zero-order chi connectivity index (χ0) is 12.3. The number of aromatic carboxylic acids is 1. The molecule has 1 aromatic heterocycles. The van der Waals surface area contributed by atoms with Crippen molar-refractivity contribution in [2.75, 3.05) is 0 Å². The van der Waals surface area contributed by atoms with Gasteiger partial charge in [0.15, 0.2) is 0 Å². The van der Waals surface area contributed by atoms with Crippen LogP contribution in [0.5, 0.6) is 0 Å². The van der Waals surface area contributed by atoms with E-state index in [1.165, 1.54) is 0 Å². The summed E-state index contributed by atoms with van der Waals surface area (Å²) in [5.41, 5.74) is -1.73.